The van der Waals surface area contributed by atoms with Gasteiger partial charge in [-0.1, -0.05) is 13.8 Å². The minimum atomic E-state index is -0.958. The number of hydrogen-bond donors (Lipinski definition) is 0. The van der Waals surface area contributed by atoms with Gasteiger partial charge < -0.3 is 14.4 Å². The van der Waals surface area contributed by atoms with E-state index in [-0.39, 0.29) is 11.8 Å². The average molecular weight is 454 g/mol. The first kappa shape index (κ1) is 21.2. The van der Waals surface area contributed by atoms with E-state index < -0.39 is 17.7 Å². The smallest absolute Gasteiger partial charge is 0.254 e. The number of nitrogens with zero attached hydrogens (tertiary/aromatic N) is 8. The van der Waals surface area contributed by atoms with E-state index in [0.717, 1.165) is 23.6 Å². The lowest BCUT2D eigenvalue weighted by Crippen LogP contribution is -2.51. The molecule has 1 amide bonds. The predicted molar refractivity (Wildman–Crippen MR) is 118 cm³/mol. The molecule has 0 saturated carbocycles. The van der Waals surface area contributed by atoms with Crippen LogP contribution in [0.5, 0.6) is 0 Å². The topological polar surface area (TPSA) is 84.5 Å². The van der Waals surface area contributed by atoms with E-state index in [1.165, 1.54) is 12.7 Å². The Morgan fingerprint density at radius 3 is 2.48 bits per heavy atom. The van der Waals surface area contributed by atoms with Crippen LogP contribution in [0.25, 0.3) is 16.8 Å². The molecule has 1 aliphatic rings. The van der Waals surface area contributed by atoms with Gasteiger partial charge in [0.1, 0.15) is 18.2 Å². The number of rotatable bonds is 4. The number of amides is 1. The predicted octanol–water partition coefficient (Wildman–Crippen LogP) is 2.61. The molecule has 1 aromatic carbocycles. The Hall–Kier alpha value is -3.63. The van der Waals surface area contributed by atoms with E-state index in [9.17, 15) is 13.6 Å². The van der Waals surface area contributed by atoms with Crippen molar-refractivity contribution in [1.29, 1.82) is 0 Å². The Balaban J connectivity index is 1.38. The standard InChI is InChI=1S/C22H24F2N8O/c1-13(2)20(31-12-26-17-9-15(23)16(24)10-18(17)31)21(33)30-6-4-29(5-7-30)19-8-14(3)28-22-25-11-27-32(19)22/h8-13,20H,4-7H2,1-3H3. The van der Waals surface area contributed by atoms with Crippen molar-refractivity contribution in [2.24, 2.45) is 5.92 Å². The van der Waals surface area contributed by atoms with Gasteiger partial charge >= 0.3 is 0 Å². The lowest BCUT2D eigenvalue weighted by atomic mass is 10.0. The number of carbonyl (C=O) groups excluding carboxylic acids is 1. The number of carbonyl (C=O) groups is 1. The highest BCUT2D eigenvalue weighted by Gasteiger charge is 2.32. The number of halogens is 2. The SMILES string of the molecule is Cc1cc(N2CCN(C(=O)C(C(C)C)n3cnc4cc(F)c(F)cc43)CC2)n2ncnc2n1. The molecule has 0 radical (unpaired) electrons. The first-order valence-corrected chi connectivity index (χ1v) is 10.9. The fourth-order valence-corrected chi connectivity index (χ4v) is 4.45. The Morgan fingerprint density at radius 1 is 1.03 bits per heavy atom. The van der Waals surface area contributed by atoms with Crippen molar-refractivity contribution in [2.45, 2.75) is 26.8 Å². The van der Waals surface area contributed by atoms with Crippen molar-refractivity contribution in [3.05, 3.63) is 48.2 Å². The molecular weight excluding hydrogens is 430 g/mol. The maximum atomic E-state index is 13.9. The summed E-state index contributed by atoms with van der Waals surface area (Å²) in [7, 11) is 0. The minimum absolute atomic E-state index is 0.0644. The molecule has 0 spiro atoms. The molecule has 4 heterocycles. The Kier molecular flexibility index (Phi) is 5.18. The lowest BCUT2D eigenvalue weighted by Gasteiger charge is -2.38. The van der Waals surface area contributed by atoms with Crippen LogP contribution in [0.2, 0.25) is 0 Å². The summed E-state index contributed by atoms with van der Waals surface area (Å²) in [4.78, 5) is 30.3. The number of imidazole rings is 1. The number of hydrogen-bond acceptors (Lipinski definition) is 6. The van der Waals surface area contributed by atoms with Gasteiger partial charge in [0.25, 0.3) is 5.78 Å². The van der Waals surface area contributed by atoms with Crippen molar-refractivity contribution in [2.75, 3.05) is 31.1 Å². The van der Waals surface area contributed by atoms with E-state index in [2.05, 4.69) is 25.0 Å². The summed E-state index contributed by atoms with van der Waals surface area (Å²) in [5.74, 6) is -0.618. The number of aromatic nitrogens is 6. The van der Waals surface area contributed by atoms with E-state index in [1.807, 2.05) is 31.7 Å². The van der Waals surface area contributed by atoms with Crippen molar-refractivity contribution in [3.8, 4) is 0 Å². The second-order valence-electron chi connectivity index (χ2n) is 8.64. The highest BCUT2D eigenvalue weighted by Crippen LogP contribution is 2.28. The zero-order chi connectivity index (χ0) is 23.3. The molecule has 1 fully saturated rings. The fraction of sp³-hybridized carbons (Fsp3) is 0.409. The summed E-state index contributed by atoms with van der Waals surface area (Å²) in [6.45, 7) is 8.08. The summed E-state index contributed by atoms with van der Waals surface area (Å²) >= 11 is 0. The van der Waals surface area contributed by atoms with Gasteiger partial charge in [0, 0.05) is 50.1 Å². The number of anilines is 1. The van der Waals surface area contributed by atoms with Crippen molar-refractivity contribution >= 4 is 28.5 Å². The summed E-state index contributed by atoms with van der Waals surface area (Å²) in [5, 5.41) is 4.27. The van der Waals surface area contributed by atoms with Crippen LogP contribution in [0.15, 0.2) is 30.9 Å². The van der Waals surface area contributed by atoms with Gasteiger partial charge in [-0.25, -0.2) is 18.7 Å². The van der Waals surface area contributed by atoms with Crippen LogP contribution in [0.4, 0.5) is 14.6 Å². The molecule has 11 heteroatoms. The molecule has 0 N–H and O–H groups in total. The number of fused-ring (bicyclic) bond motifs is 2. The third kappa shape index (κ3) is 3.66. The van der Waals surface area contributed by atoms with Crippen LogP contribution < -0.4 is 4.90 Å². The number of aryl methyl sites for hydroxylation is 1. The van der Waals surface area contributed by atoms with Crippen LogP contribution in [0.3, 0.4) is 0 Å². The maximum absolute atomic E-state index is 13.9. The highest BCUT2D eigenvalue weighted by atomic mass is 19.2. The molecule has 4 aromatic rings. The van der Waals surface area contributed by atoms with E-state index >= 15 is 0 Å². The quantitative estimate of drug-likeness (QED) is 0.471. The van der Waals surface area contributed by atoms with Gasteiger partial charge in [-0.05, 0) is 12.8 Å². The molecule has 0 bridgehead atoms. The second-order valence-corrected chi connectivity index (χ2v) is 8.64. The molecule has 3 aromatic heterocycles. The molecular formula is C22H24F2N8O. The number of benzene rings is 1. The van der Waals surface area contributed by atoms with E-state index in [4.69, 9.17) is 0 Å². The fourth-order valence-electron chi connectivity index (χ4n) is 4.45. The van der Waals surface area contributed by atoms with Gasteiger partial charge in [0.15, 0.2) is 11.6 Å². The Morgan fingerprint density at radius 2 is 1.76 bits per heavy atom. The molecule has 33 heavy (non-hydrogen) atoms. The molecule has 1 atom stereocenters. The molecule has 1 aliphatic heterocycles. The molecule has 0 aliphatic carbocycles. The summed E-state index contributed by atoms with van der Waals surface area (Å²) in [5.41, 5.74) is 1.57. The maximum Gasteiger partial charge on any atom is 0.254 e. The monoisotopic (exact) mass is 454 g/mol. The number of piperazine rings is 1. The van der Waals surface area contributed by atoms with E-state index in [0.29, 0.717) is 43.0 Å². The first-order valence-electron chi connectivity index (χ1n) is 10.9. The van der Waals surface area contributed by atoms with Gasteiger partial charge in [-0.2, -0.15) is 14.6 Å². The van der Waals surface area contributed by atoms with Crippen molar-refractivity contribution < 1.29 is 13.6 Å². The zero-order valence-electron chi connectivity index (χ0n) is 18.6. The summed E-state index contributed by atoms with van der Waals surface area (Å²) in [6.07, 6.45) is 2.96. The zero-order valence-corrected chi connectivity index (χ0v) is 18.6. The van der Waals surface area contributed by atoms with Crippen molar-refractivity contribution in [1.82, 2.24) is 34.0 Å². The molecule has 172 valence electrons. The first-order chi connectivity index (χ1) is 15.8. The molecule has 1 unspecified atom stereocenters. The largest absolute Gasteiger partial charge is 0.353 e. The van der Waals surface area contributed by atoms with Crippen LogP contribution in [-0.2, 0) is 4.79 Å². The van der Waals surface area contributed by atoms with Crippen LogP contribution in [0, 0.1) is 24.5 Å². The van der Waals surface area contributed by atoms with Crippen LogP contribution in [0.1, 0.15) is 25.6 Å². The Labute approximate surface area is 188 Å². The molecule has 5 rings (SSSR count). The second kappa shape index (κ2) is 8.05. The summed E-state index contributed by atoms with van der Waals surface area (Å²) < 4.78 is 30.9. The van der Waals surface area contributed by atoms with Gasteiger partial charge in [-0.3, -0.25) is 4.79 Å². The average Bonchev–Trinajstić information content (AvgIpc) is 3.41. The Bertz CT molecular complexity index is 1340. The van der Waals surface area contributed by atoms with Crippen LogP contribution in [-0.4, -0.2) is 66.1 Å². The minimum Gasteiger partial charge on any atom is -0.353 e. The van der Waals surface area contributed by atoms with Crippen molar-refractivity contribution in [3.63, 3.8) is 0 Å². The molecule has 1 saturated heterocycles. The summed E-state index contributed by atoms with van der Waals surface area (Å²) in [6, 6.07) is 3.55. The third-order valence-electron chi connectivity index (χ3n) is 6.08. The van der Waals surface area contributed by atoms with Crippen LogP contribution >= 0.6 is 0 Å². The van der Waals surface area contributed by atoms with Gasteiger partial charge in [0.2, 0.25) is 5.91 Å². The molecule has 9 nitrogen and oxygen atoms in total. The lowest BCUT2D eigenvalue weighted by molar-refractivity contribution is -0.136. The van der Waals surface area contributed by atoms with Gasteiger partial charge in [-0.15, -0.1) is 0 Å². The van der Waals surface area contributed by atoms with E-state index in [1.54, 1.807) is 9.08 Å². The third-order valence-corrected chi connectivity index (χ3v) is 6.08. The highest BCUT2D eigenvalue weighted by molar-refractivity contribution is 5.84. The normalized spacial score (nSPS) is 15.7. The van der Waals surface area contributed by atoms with Gasteiger partial charge in [0.05, 0.1) is 17.4 Å².